The maximum atomic E-state index is 13.9. The van der Waals surface area contributed by atoms with Crippen LogP contribution < -0.4 is 16.0 Å². The van der Waals surface area contributed by atoms with Crippen molar-refractivity contribution in [1.29, 1.82) is 0 Å². The molecular weight excluding hydrogens is 402 g/mol. The Hall–Kier alpha value is -3.80. The predicted octanol–water partition coefficient (Wildman–Crippen LogP) is 5.56. The van der Waals surface area contributed by atoms with Crippen LogP contribution in [0.5, 0.6) is 5.75 Å². The first kappa shape index (κ1) is 21.4. The van der Waals surface area contributed by atoms with Crippen LogP contribution in [-0.2, 0) is 0 Å². The van der Waals surface area contributed by atoms with Gasteiger partial charge in [-0.15, -0.1) is 0 Å². The van der Waals surface area contributed by atoms with Gasteiger partial charge in [0.2, 0.25) is 0 Å². The number of para-hydroxylation sites is 1. The average Bonchev–Trinajstić information content (AvgIpc) is 2.81. The van der Waals surface area contributed by atoms with Crippen molar-refractivity contribution in [3.05, 3.63) is 76.9 Å². The smallest absolute Gasteiger partial charge is 0.200 e. The Bertz CT molecular complexity index is 1170. The van der Waals surface area contributed by atoms with Gasteiger partial charge in [-0.25, -0.2) is 0 Å². The Morgan fingerprint density at radius 3 is 1.72 bits per heavy atom. The Balaban J connectivity index is 1.90. The van der Waals surface area contributed by atoms with Crippen molar-refractivity contribution in [3.63, 3.8) is 0 Å². The summed E-state index contributed by atoms with van der Waals surface area (Å²) in [4.78, 5) is 27.5. The minimum atomic E-state index is -0.359. The second-order valence-electron chi connectivity index (χ2n) is 7.80. The fraction of sp³-hybridized carbons (Fsp3) is 0.231. The Morgan fingerprint density at radius 1 is 0.656 bits per heavy atom. The first-order valence-corrected chi connectivity index (χ1v) is 11.0. The van der Waals surface area contributed by atoms with Gasteiger partial charge in [-0.05, 0) is 49.2 Å². The highest BCUT2D eigenvalue weighted by molar-refractivity contribution is 6.34. The number of ketones is 2. The molecule has 0 saturated carbocycles. The number of carbonyl (C=O) groups excluding carboxylic acids is 2. The molecule has 0 heterocycles. The number of phenols is 1. The standard InChI is InChI=1S/C26H27N3O3/c1-3-14-27-17-10-11-18(28-15-4-2)22-21(17)25(31)23-19(29-16-8-6-5-7-9-16)12-13-20(30)24(23)26(22)32/h5-13,27-30H,3-4,14-15H2,1-2H3. The molecule has 0 amide bonds. The largest absolute Gasteiger partial charge is 0.507 e. The number of hydrogen-bond acceptors (Lipinski definition) is 6. The topological polar surface area (TPSA) is 90.5 Å². The highest BCUT2D eigenvalue weighted by Crippen LogP contribution is 2.42. The van der Waals surface area contributed by atoms with Crippen LogP contribution in [0.4, 0.5) is 22.7 Å². The molecule has 0 aliphatic heterocycles. The SMILES string of the molecule is CCCNc1ccc(NCCC)c2c1C(=O)c1c(O)ccc(Nc3ccccc3)c1C2=O. The molecule has 4 N–H and O–H groups in total. The molecule has 32 heavy (non-hydrogen) atoms. The van der Waals surface area contributed by atoms with Crippen molar-refractivity contribution in [2.24, 2.45) is 0 Å². The molecule has 1 aliphatic carbocycles. The minimum Gasteiger partial charge on any atom is -0.507 e. The molecule has 0 aromatic heterocycles. The fourth-order valence-corrected chi connectivity index (χ4v) is 3.98. The van der Waals surface area contributed by atoms with Gasteiger partial charge in [-0.2, -0.15) is 0 Å². The molecule has 3 aromatic carbocycles. The normalized spacial score (nSPS) is 12.2. The van der Waals surface area contributed by atoms with E-state index in [0.717, 1.165) is 18.5 Å². The number of fused-ring (bicyclic) bond motifs is 2. The van der Waals surface area contributed by atoms with E-state index in [9.17, 15) is 14.7 Å². The summed E-state index contributed by atoms with van der Waals surface area (Å²) in [7, 11) is 0. The Morgan fingerprint density at radius 2 is 1.16 bits per heavy atom. The number of benzene rings is 3. The molecule has 0 fully saturated rings. The minimum absolute atomic E-state index is 0.0376. The van der Waals surface area contributed by atoms with Crippen LogP contribution in [0.25, 0.3) is 0 Å². The monoisotopic (exact) mass is 429 g/mol. The van der Waals surface area contributed by atoms with Crippen LogP contribution in [0.3, 0.4) is 0 Å². The van der Waals surface area contributed by atoms with Crippen LogP contribution in [0.15, 0.2) is 54.6 Å². The maximum Gasteiger partial charge on any atom is 0.200 e. The van der Waals surface area contributed by atoms with E-state index in [2.05, 4.69) is 16.0 Å². The van der Waals surface area contributed by atoms with E-state index in [4.69, 9.17) is 0 Å². The lowest BCUT2D eigenvalue weighted by Gasteiger charge is -2.26. The third-order valence-electron chi connectivity index (χ3n) is 5.48. The zero-order valence-corrected chi connectivity index (χ0v) is 18.3. The number of nitrogens with one attached hydrogen (secondary N) is 3. The Labute approximate surface area is 187 Å². The van der Waals surface area contributed by atoms with Crippen molar-refractivity contribution >= 4 is 34.3 Å². The molecular formula is C26H27N3O3. The summed E-state index contributed by atoms with van der Waals surface area (Å²) in [6.45, 7) is 5.42. The average molecular weight is 430 g/mol. The van der Waals surface area contributed by atoms with E-state index < -0.39 is 0 Å². The number of hydrogen-bond donors (Lipinski definition) is 4. The summed E-state index contributed by atoms with van der Waals surface area (Å²) in [6.07, 6.45) is 1.75. The Kier molecular flexibility index (Phi) is 6.12. The van der Waals surface area contributed by atoms with Crippen molar-refractivity contribution in [3.8, 4) is 5.75 Å². The molecule has 0 radical (unpaired) electrons. The molecule has 164 valence electrons. The summed E-state index contributed by atoms with van der Waals surface area (Å²) in [5.74, 6) is -0.846. The van der Waals surface area contributed by atoms with Gasteiger partial charge < -0.3 is 21.1 Å². The van der Waals surface area contributed by atoms with Gasteiger partial charge in [0, 0.05) is 30.2 Å². The van der Waals surface area contributed by atoms with E-state index in [-0.39, 0.29) is 28.4 Å². The van der Waals surface area contributed by atoms with Gasteiger partial charge in [-0.3, -0.25) is 9.59 Å². The van der Waals surface area contributed by atoms with Gasteiger partial charge in [-0.1, -0.05) is 32.0 Å². The first-order chi connectivity index (χ1) is 15.6. The molecule has 0 saturated heterocycles. The molecule has 6 nitrogen and oxygen atoms in total. The van der Waals surface area contributed by atoms with E-state index >= 15 is 0 Å². The van der Waals surface area contributed by atoms with Crippen LogP contribution in [-0.4, -0.2) is 29.8 Å². The number of aromatic hydroxyl groups is 1. The second kappa shape index (κ2) is 9.14. The van der Waals surface area contributed by atoms with E-state index in [1.54, 1.807) is 6.07 Å². The summed E-state index contributed by atoms with van der Waals surface area (Å²) in [6, 6.07) is 16.2. The van der Waals surface area contributed by atoms with Crippen LogP contribution >= 0.6 is 0 Å². The van der Waals surface area contributed by atoms with Crippen molar-refractivity contribution in [2.75, 3.05) is 29.0 Å². The van der Waals surface area contributed by atoms with E-state index in [1.165, 1.54) is 6.07 Å². The number of rotatable bonds is 8. The van der Waals surface area contributed by atoms with Crippen LogP contribution in [0.2, 0.25) is 0 Å². The van der Waals surface area contributed by atoms with Crippen molar-refractivity contribution < 1.29 is 14.7 Å². The van der Waals surface area contributed by atoms with Gasteiger partial charge in [0.15, 0.2) is 11.6 Å². The van der Waals surface area contributed by atoms with Crippen molar-refractivity contribution in [1.82, 2.24) is 0 Å². The lowest BCUT2D eigenvalue weighted by atomic mass is 9.80. The first-order valence-electron chi connectivity index (χ1n) is 11.0. The van der Waals surface area contributed by atoms with Gasteiger partial charge in [0.1, 0.15) is 5.75 Å². The van der Waals surface area contributed by atoms with Crippen LogP contribution in [0.1, 0.15) is 58.5 Å². The summed E-state index contributed by atoms with van der Waals surface area (Å²) in [5, 5.41) is 20.4. The van der Waals surface area contributed by atoms with Gasteiger partial charge in [0.25, 0.3) is 0 Å². The van der Waals surface area contributed by atoms with Crippen LogP contribution in [0, 0.1) is 0 Å². The summed E-state index contributed by atoms with van der Waals surface area (Å²) >= 11 is 0. The molecule has 6 heteroatoms. The predicted molar refractivity (Wildman–Crippen MR) is 129 cm³/mol. The van der Waals surface area contributed by atoms with Gasteiger partial charge >= 0.3 is 0 Å². The number of anilines is 4. The lowest BCUT2D eigenvalue weighted by molar-refractivity contribution is 0.0978. The molecule has 0 atom stereocenters. The second-order valence-corrected chi connectivity index (χ2v) is 7.80. The third-order valence-corrected chi connectivity index (χ3v) is 5.48. The van der Waals surface area contributed by atoms with E-state index in [0.29, 0.717) is 41.3 Å². The van der Waals surface area contributed by atoms with E-state index in [1.807, 2.05) is 56.3 Å². The summed E-state index contributed by atoms with van der Waals surface area (Å²) < 4.78 is 0. The molecule has 4 rings (SSSR count). The maximum absolute atomic E-state index is 13.9. The quantitative estimate of drug-likeness (QED) is 0.274. The molecule has 3 aromatic rings. The highest BCUT2D eigenvalue weighted by Gasteiger charge is 2.37. The number of carbonyl (C=O) groups is 2. The zero-order chi connectivity index (χ0) is 22.7. The fourth-order valence-electron chi connectivity index (χ4n) is 3.98. The summed E-state index contributed by atoms with van der Waals surface area (Å²) in [5.41, 5.74) is 3.39. The third kappa shape index (κ3) is 3.80. The number of phenolic OH excluding ortho intramolecular Hbond substituents is 1. The molecule has 1 aliphatic rings. The van der Waals surface area contributed by atoms with Gasteiger partial charge in [0.05, 0.1) is 27.9 Å². The lowest BCUT2D eigenvalue weighted by Crippen LogP contribution is -2.25. The zero-order valence-electron chi connectivity index (χ0n) is 18.3. The highest BCUT2D eigenvalue weighted by atomic mass is 16.3. The molecule has 0 unspecified atom stereocenters. The molecule has 0 spiro atoms. The molecule has 0 bridgehead atoms. The van der Waals surface area contributed by atoms with Crippen molar-refractivity contribution in [2.45, 2.75) is 26.7 Å².